The molecule has 7 aliphatic rings. The van der Waals surface area contributed by atoms with E-state index in [2.05, 4.69) is 34.6 Å². The molecule has 35 heavy (non-hydrogen) atoms. The monoisotopic (exact) mass is 486 g/mol. The van der Waals surface area contributed by atoms with Crippen molar-refractivity contribution in [1.82, 2.24) is 0 Å². The Labute approximate surface area is 211 Å². The lowest BCUT2D eigenvalue weighted by Crippen LogP contribution is -2.52. The molecule has 0 amide bonds. The van der Waals surface area contributed by atoms with Gasteiger partial charge in [0.15, 0.2) is 5.79 Å². The van der Waals surface area contributed by atoms with Crippen LogP contribution < -0.4 is 0 Å². The van der Waals surface area contributed by atoms with Crippen molar-refractivity contribution in [2.45, 2.75) is 141 Å². The van der Waals surface area contributed by atoms with Crippen molar-refractivity contribution in [3.05, 3.63) is 11.1 Å². The zero-order chi connectivity index (χ0) is 25.0. The number of fused-ring (bicyclic) bond motifs is 5. The van der Waals surface area contributed by atoms with Gasteiger partial charge in [0.2, 0.25) is 0 Å². The van der Waals surface area contributed by atoms with Gasteiger partial charge >= 0.3 is 0 Å². The van der Waals surface area contributed by atoms with E-state index in [1.54, 1.807) is 5.57 Å². The predicted octanol–water partition coefficient (Wildman–Crippen LogP) is 5.13. The first-order valence-electron chi connectivity index (χ1n) is 14.4. The van der Waals surface area contributed by atoms with Crippen LogP contribution in [0.3, 0.4) is 0 Å². The van der Waals surface area contributed by atoms with Gasteiger partial charge in [-0.05, 0) is 87.9 Å². The van der Waals surface area contributed by atoms with Crippen molar-refractivity contribution in [2.75, 3.05) is 0 Å². The van der Waals surface area contributed by atoms with Gasteiger partial charge in [0, 0.05) is 11.3 Å². The lowest BCUT2D eigenvalue weighted by molar-refractivity contribution is -0.280. The molecule has 3 aliphatic carbocycles. The second kappa shape index (κ2) is 6.57. The van der Waals surface area contributed by atoms with E-state index in [-0.39, 0.29) is 28.5 Å². The van der Waals surface area contributed by atoms with E-state index in [4.69, 9.17) is 14.2 Å². The Hall–Kier alpha value is -0.460. The van der Waals surface area contributed by atoms with Gasteiger partial charge in [0.1, 0.15) is 12.2 Å². The van der Waals surface area contributed by atoms with Gasteiger partial charge in [-0.1, -0.05) is 45.8 Å². The largest absolute Gasteiger partial charge is 0.388 e. The quantitative estimate of drug-likeness (QED) is 0.503. The normalized spacial score (nSPS) is 58.0. The lowest BCUT2D eigenvalue weighted by atomic mass is 9.52. The summed E-state index contributed by atoms with van der Waals surface area (Å²) in [4.78, 5) is 0. The minimum atomic E-state index is -1.03. The van der Waals surface area contributed by atoms with Gasteiger partial charge in [-0.2, -0.15) is 0 Å². The Kier molecular flexibility index (Phi) is 4.44. The first kappa shape index (κ1) is 23.6. The van der Waals surface area contributed by atoms with Gasteiger partial charge < -0.3 is 24.4 Å². The molecule has 5 fully saturated rings. The molecule has 7 rings (SSSR count). The molecule has 0 aromatic rings. The van der Waals surface area contributed by atoms with Gasteiger partial charge in [0.05, 0.1) is 23.4 Å². The molecule has 5 nitrogen and oxygen atoms in total. The summed E-state index contributed by atoms with van der Waals surface area (Å²) < 4.78 is 20.3. The number of aliphatic hydroxyl groups is 2. The standard InChI is InChI=1S/C30H46O5/c1-16-14-19-23(26(4,5)32)35-30(33-19)22(16)27(6)12-10-17-15-29-13-11-21(34-29)25(2,3)20(29)9-8-18(17)28(27,7)24(30)31/h16,19-24,31-32H,8-15H2,1-7H3/t16-,19-,20+,21+,22-,23-,24-,27-,28-,29+,30-/m1/s1. The van der Waals surface area contributed by atoms with Gasteiger partial charge in [0.25, 0.3) is 0 Å². The van der Waals surface area contributed by atoms with Crippen molar-refractivity contribution in [3.8, 4) is 0 Å². The highest BCUT2D eigenvalue weighted by Gasteiger charge is 2.80. The average molecular weight is 487 g/mol. The maximum absolute atomic E-state index is 12.4. The molecule has 11 atom stereocenters. The summed E-state index contributed by atoms with van der Waals surface area (Å²) in [7, 11) is 0. The van der Waals surface area contributed by atoms with Crippen molar-refractivity contribution >= 4 is 0 Å². The average Bonchev–Trinajstić information content (AvgIpc) is 3.36. The molecule has 196 valence electrons. The lowest BCUT2D eigenvalue weighted by Gasteiger charge is -2.52. The number of rotatable bonds is 1. The predicted molar refractivity (Wildman–Crippen MR) is 132 cm³/mol. The van der Waals surface area contributed by atoms with Crippen molar-refractivity contribution < 1.29 is 24.4 Å². The first-order chi connectivity index (χ1) is 16.2. The number of hydrogen-bond donors (Lipinski definition) is 2. The third-order valence-electron chi connectivity index (χ3n) is 12.9. The Morgan fingerprint density at radius 2 is 1.71 bits per heavy atom. The van der Waals surface area contributed by atoms with Gasteiger partial charge in [-0.15, -0.1) is 0 Å². The molecule has 2 N–H and O–H groups in total. The fraction of sp³-hybridized carbons (Fsp3) is 0.933. The second-order valence-electron chi connectivity index (χ2n) is 15.2. The minimum absolute atomic E-state index is 0.00525. The second-order valence-corrected chi connectivity index (χ2v) is 15.2. The Balaban J connectivity index is 1.34. The van der Waals surface area contributed by atoms with Gasteiger partial charge in [-0.25, -0.2) is 0 Å². The maximum Gasteiger partial charge on any atom is 0.199 e. The van der Waals surface area contributed by atoms with E-state index in [9.17, 15) is 10.2 Å². The molecular formula is C30H46O5. The fourth-order valence-electron chi connectivity index (χ4n) is 11.3. The van der Waals surface area contributed by atoms with E-state index in [1.165, 1.54) is 18.4 Å². The summed E-state index contributed by atoms with van der Waals surface area (Å²) in [6, 6.07) is 0. The highest BCUT2D eigenvalue weighted by Crippen LogP contribution is 2.76. The highest BCUT2D eigenvalue weighted by molar-refractivity contribution is 5.40. The Bertz CT molecular complexity index is 995. The summed E-state index contributed by atoms with van der Waals surface area (Å²) in [5.74, 6) is 0.0201. The van der Waals surface area contributed by atoms with E-state index >= 15 is 0 Å². The molecule has 4 heterocycles. The molecule has 4 aliphatic heterocycles. The van der Waals surface area contributed by atoms with Crippen LogP contribution in [0.1, 0.15) is 99.8 Å². The molecule has 0 radical (unpaired) electrons. The Morgan fingerprint density at radius 1 is 0.971 bits per heavy atom. The van der Waals surface area contributed by atoms with E-state index in [0.717, 1.165) is 38.5 Å². The summed E-state index contributed by atoms with van der Waals surface area (Å²) in [6.45, 7) is 15.5. The smallest absolute Gasteiger partial charge is 0.199 e. The maximum atomic E-state index is 12.4. The number of ether oxygens (including phenoxy) is 3. The highest BCUT2D eigenvalue weighted by atomic mass is 16.8. The summed E-state index contributed by atoms with van der Waals surface area (Å²) in [6.07, 6.45) is 7.68. The van der Waals surface area contributed by atoms with Crippen LogP contribution in [-0.2, 0) is 14.2 Å². The summed E-state index contributed by atoms with van der Waals surface area (Å²) in [5.41, 5.74) is 1.73. The minimum Gasteiger partial charge on any atom is -0.388 e. The fourth-order valence-corrected chi connectivity index (χ4v) is 11.3. The molecule has 1 saturated carbocycles. The van der Waals surface area contributed by atoms with Crippen LogP contribution in [0.15, 0.2) is 11.1 Å². The zero-order valence-corrected chi connectivity index (χ0v) is 22.8. The van der Waals surface area contributed by atoms with E-state index < -0.39 is 29.0 Å². The van der Waals surface area contributed by atoms with Crippen LogP contribution in [0.5, 0.6) is 0 Å². The SMILES string of the molecule is C[C@@H]1C[C@H]2O[C@@]3(O[C@H]2C(C)(C)O)[C@H]1[C@@]1(C)CCC2=C(CC[C@H]4C(C)(C)[C@@H]5CC[C@@]4(C2)O5)[C@]1(C)[C@H]3O. The zero-order valence-electron chi connectivity index (χ0n) is 22.8. The van der Waals surface area contributed by atoms with Crippen LogP contribution >= 0.6 is 0 Å². The van der Waals surface area contributed by atoms with Crippen LogP contribution in [0.25, 0.3) is 0 Å². The van der Waals surface area contributed by atoms with Crippen LogP contribution in [0, 0.1) is 34.0 Å². The van der Waals surface area contributed by atoms with Crippen molar-refractivity contribution in [3.63, 3.8) is 0 Å². The van der Waals surface area contributed by atoms with Gasteiger partial charge in [-0.3, -0.25) is 0 Å². The van der Waals surface area contributed by atoms with Crippen molar-refractivity contribution in [1.29, 1.82) is 0 Å². The molecule has 4 saturated heterocycles. The van der Waals surface area contributed by atoms with Crippen molar-refractivity contribution in [2.24, 2.45) is 34.0 Å². The van der Waals surface area contributed by atoms with E-state index in [1.807, 2.05) is 13.8 Å². The van der Waals surface area contributed by atoms with Crippen LogP contribution in [-0.4, -0.2) is 51.6 Å². The number of hydrogen-bond acceptors (Lipinski definition) is 5. The molecule has 5 heteroatoms. The topological polar surface area (TPSA) is 68.2 Å². The number of aliphatic hydroxyl groups excluding tert-OH is 1. The van der Waals surface area contributed by atoms with Crippen LogP contribution in [0.4, 0.5) is 0 Å². The van der Waals surface area contributed by atoms with Crippen LogP contribution in [0.2, 0.25) is 0 Å². The molecule has 4 bridgehead atoms. The molecule has 0 aromatic carbocycles. The molecule has 2 spiro atoms. The third kappa shape index (κ3) is 2.50. The first-order valence-corrected chi connectivity index (χ1v) is 14.4. The molecule has 0 unspecified atom stereocenters. The molecular weight excluding hydrogens is 440 g/mol. The third-order valence-corrected chi connectivity index (χ3v) is 12.9. The Morgan fingerprint density at radius 3 is 2.43 bits per heavy atom. The summed E-state index contributed by atoms with van der Waals surface area (Å²) in [5, 5.41) is 23.3. The molecule has 0 aromatic heterocycles. The van der Waals surface area contributed by atoms with E-state index in [0.29, 0.717) is 17.9 Å². The summed E-state index contributed by atoms with van der Waals surface area (Å²) >= 11 is 0.